The van der Waals surface area contributed by atoms with E-state index in [9.17, 15) is 4.39 Å². The summed E-state index contributed by atoms with van der Waals surface area (Å²) in [5.41, 5.74) is 16.5. The van der Waals surface area contributed by atoms with E-state index in [-0.39, 0.29) is 5.82 Å². The predicted octanol–water partition coefficient (Wildman–Crippen LogP) is 5.49. The highest BCUT2D eigenvalue weighted by Gasteiger charge is 2.27. The molecule has 4 N–H and O–H groups in total. The molecule has 0 fully saturated rings. The smallest absolute Gasteiger partial charge is 0.127 e. The second-order valence-corrected chi connectivity index (χ2v) is 6.57. The molecule has 0 radical (unpaired) electrons. The third-order valence-corrected chi connectivity index (χ3v) is 4.01. The Labute approximate surface area is 142 Å². The van der Waals surface area contributed by atoms with Crippen LogP contribution in [0.4, 0.5) is 21.5 Å². The van der Waals surface area contributed by atoms with E-state index in [1.54, 1.807) is 24.3 Å². The monoisotopic (exact) mass is 326 g/mol. The van der Waals surface area contributed by atoms with Gasteiger partial charge in [0.2, 0.25) is 0 Å². The zero-order chi connectivity index (χ0) is 17.9. The molecule has 0 aliphatic carbocycles. The minimum atomic E-state index is -0.486. The average Bonchev–Trinajstić information content (AvgIpc) is 2.53. The Bertz CT molecular complexity index is 781. The molecule has 0 aromatic heterocycles. The van der Waals surface area contributed by atoms with Gasteiger partial charge < -0.3 is 11.1 Å². The minimum absolute atomic E-state index is 0.245. The molecule has 24 heavy (non-hydrogen) atoms. The molecule has 0 saturated heterocycles. The fourth-order valence-electron chi connectivity index (χ4n) is 2.76. The Morgan fingerprint density at radius 2 is 2.04 bits per heavy atom. The van der Waals surface area contributed by atoms with Crippen LogP contribution in [-0.4, -0.2) is 6.54 Å². The van der Waals surface area contributed by atoms with Crippen molar-refractivity contribution >= 4 is 22.6 Å². The summed E-state index contributed by atoms with van der Waals surface area (Å²) >= 11 is 0. The largest absolute Gasteiger partial charge is 0.399 e. The molecule has 5 heteroatoms. The number of hydrogen-bond donors (Lipinski definition) is 3. The highest BCUT2D eigenvalue weighted by molar-refractivity contribution is 5.70. The lowest BCUT2D eigenvalue weighted by Gasteiger charge is -2.29. The fraction of sp³-hybridized carbons (Fsp3) is 0.263. The molecule has 2 aromatic rings. The summed E-state index contributed by atoms with van der Waals surface area (Å²) in [6.45, 7) is 10.2. The molecule has 0 aliphatic heterocycles. The van der Waals surface area contributed by atoms with Crippen molar-refractivity contribution in [3.63, 3.8) is 0 Å². The van der Waals surface area contributed by atoms with Crippen LogP contribution in [0.1, 0.15) is 31.9 Å². The molecule has 0 amide bonds. The molecule has 0 bridgehead atoms. The van der Waals surface area contributed by atoms with Crippen molar-refractivity contribution < 1.29 is 4.39 Å². The first-order valence-corrected chi connectivity index (χ1v) is 7.72. The van der Waals surface area contributed by atoms with E-state index in [0.29, 0.717) is 29.2 Å². The van der Waals surface area contributed by atoms with Crippen LogP contribution in [0, 0.1) is 11.3 Å². The number of benzene rings is 2. The molecular weight excluding hydrogens is 303 g/mol. The number of nitrogens with one attached hydrogen (secondary N) is 2. The van der Waals surface area contributed by atoms with Crippen LogP contribution < -0.4 is 11.1 Å². The van der Waals surface area contributed by atoms with Crippen LogP contribution in [0.5, 0.6) is 0 Å². The lowest BCUT2D eigenvalue weighted by molar-refractivity contribution is 0.503. The molecule has 0 unspecified atom stereocenters. The maximum atomic E-state index is 14.5. The summed E-state index contributed by atoms with van der Waals surface area (Å²) in [6.07, 6.45) is 0. The summed E-state index contributed by atoms with van der Waals surface area (Å²) in [6, 6.07) is 10.2. The first kappa shape index (κ1) is 17.7. The van der Waals surface area contributed by atoms with Crippen molar-refractivity contribution in [2.45, 2.75) is 26.2 Å². The molecule has 126 valence electrons. The predicted molar refractivity (Wildman–Crippen MR) is 98.3 cm³/mol. The quantitative estimate of drug-likeness (QED) is 0.485. The summed E-state index contributed by atoms with van der Waals surface area (Å²) < 4.78 is 14.5. The zero-order valence-corrected chi connectivity index (χ0v) is 14.3. The highest BCUT2D eigenvalue weighted by Crippen LogP contribution is 2.34. The van der Waals surface area contributed by atoms with Crippen LogP contribution in [0.25, 0.3) is 5.57 Å². The summed E-state index contributed by atoms with van der Waals surface area (Å²) in [7, 11) is 0. The van der Waals surface area contributed by atoms with E-state index >= 15 is 0 Å². The number of halogens is 1. The van der Waals surface area contributed by atoms with Gasteiger partial charge in [0, 0.05) is 23.2 Å². The Kier molecular flexibility index (Phi) is 5.02. The second kappa shape index (κ2) is 6.83. The van der Waals surface area contributed by atoms with Crippen molar-refractivity contribution in [2.24, 2.45) is 5.11 Å². The van der Waals surface area contributed by atoms with Crippen molar-refractivity contribution in [1.82, 2.24) is 0 Å². The van der Waals surface area contributed by atoms with Crippen LogP contribution in [0.15, 0.2) is 48.1 Å². The first-order valence-electron chi connectivity index (χ1n) is 7.72. The van der Waals surface area contributed by atoms with Gasteiger partial charge in [-0.3, -0.25) is 0 Å². The molecule has 4 nitrogen and oxygen atoms in total. The molecule has 2 aromatic carbocycles. The Hall–Kier alpha value is -2.69. The van der Waals surface area contributed by atoms with E-state index in [2.05, 4.69) is 17.0 Å². The van der Waals surface area contributed by atoms with Gasteiger partial charge in [0.05, 0.1) is 5.69 Å². The SMILES string of the molecule is C=C(C)c1cccc(F)c1C(C)(C)CNc1ccc(N)cc1N=N. The molecule has 0 spiro atoms. The number of nitrogens with two attached hydrogens (primary N) is 1. The van der Waals surface area contributed by atoms with Crippen molar-refractivity contribution in [2.75, 3.05) is 17.6 Å². The number of nitrogens with zero attached hydrogens (tertiary/aromatic N) is 1. The van der Waals surface area contributed by atoms with Gasteiger partial charge in [-0.15, -0.1) is 0 Å². The molecule has 0 aliphatic rings. The van der Waals surface area contributed by atoms with Crippen LogP contribution >= 0.6 is 0 Å². The number of rotatable bonds is 6. The third-order valence-electron chi connectivity index (χ3n) is 4.01. The normalized spacial score (nSPS) is 11.2. The Morgan fingerprint density at radius 1 is 1.33 bits per heavy atom. The van der Waals surface area contributed by atoms with E-state index in [4.69, 9.17) is 11.3 Å². The maximum Gasteiger partial charge on any atom is 0.127 e. The number of nitrogen functional groups attached to an aromatic ring is 1. The van der Waals surface area contributed by atoms with Gasteiger partial charge in [0.15, 0.2) is 0 Å². The Balaban J connectivity index is 2.33. The Morgan fingerprint density at radius 3 is 2.67 bits per heavy atom. The summed E-state index contributed by atoms with van der Waals surface area (Å²) in [4.78, 5) is 0. The second-order valence-electron chi connectivity index (χ2n) is 6.57. The number of anilines is 2. The molecule has 0 atom stereocenters. The van der Waals surface area contributed by atoms with Gasteiger partial charge in [-0.25, -0.2) is 9.92 Å². The van der Waals surface area contributed by atoms with Crippen LogP contribution in [0.2, 0.25) is 0 Å². The van der Waals surface area contributed by atoms with Crippen LogP contribution in [0.3, 0.4) is 0 Å². The topological polar surface area (TPSA) is 74.3 Å². The van der Waals surface area contributed by atoms with Crippen LogP contribution in [-0.2, 0) is 5.41 Å². The average molecular weight is 326 g/mol. The van der Waals surface area contributed by atoms with Crippen molar-refractivity contribution in [1.29, 1.82) is 5.53 Å². The van der Waals surface area contributed by atoms with Crippen molar-refractivity contribution in [3.05, 3.63) is 59.9 Å². The first-order chi connectivity index (χ1) is 11.3. The van der Waals surface area contributed by atoms with Gasteiger partial charge in [0.1, 0.15) is 11.5 Å². The maximum absolute atomic E-state index is 14.5. The number of hydrogen-bond acceptors (Lipinski definition) is 4. The van der Waals surface area contributed by atoms with Gasteiger partial charge >= 0.3 is 0 Å². The molecular formula is C19H23FN4. The molecule has 0 saturated carbocycles. The highest BCUT2D eigenvalue weighted by atomic mass is 19.1. The lowest BCUT2D eigenvalue weighted by atomic mass is 9.79. The van der Waals surface area contributed by atoms with E-state index in [1.165, 1.54) is 6.07 Å². The van der Waals surface area contributed by atoms with Gasteiger partial charge in [-0.05, 0) is 36.8 Å². The third kappa shape index (κ3) is 3.62. The van der Waals surface area contributed by atoms with Crippen molar-refractivity contribution in [3.8, 4) is 0 Å². The summed E-state index contributed by atoms with van der Waals surface area (Å²) in [5, 5.41) is 6.75. The van der Waals surface area contributed by atoms with Gasteiger partial charge in [0.25, 0.3) is 0 Å². The lowest BCUT2D eigenvalue weighted by Crippen LogP contribution is -2.30. The molecule has 0 heterocycles. The number of allylic oxidation sites excluding steroid dienone is 1. The van der Waals surface area contributed by atoms with E-state index < -0.39 is 5.41 Å². The van der Waals surface area contributed by atoms with E-state index in [0.717, 1.165) is 11.1 Å². The molecule has 2 rings (SSSR count). The summed E-state index contributed by atoms with van der Waals surface area (Å²) in [5.74, 6) is -0.245. The minimum Gasteiger partial charge on any atom is -0.399 e. The van der Waals surface area contributed by atoms with Gasteiger partial charge in [-0.1, -0.05) is 38.1 Å². The zero-order valence-electron chi connectivity index (χ0n) is 14.3. The van der Waals surface area contributed by atoms with E-state index in [1.807, 2.05) is 26.8 Å². The standard InChI is InChI=1S/C19H23FN4/c1-12(2)14-6-5-7-15(20)18(14)19(3,4)11-23-16-9-8-13(21)10-17(16)24-22/h5-10,22-23H,1,11,21H2,2-4H3. The fourth-order valence-corrected chi connectivity index (χ4v) is 2.76. The van der Waals surface area contributed by atoms with Gasteiger partial charge in [-0.2, -0.15) is 5.11 Å².